The molecule has 0 radical (unpaired) electrons. The minimum absolute atomic E-state index is 0.149. The molecule has 2 aromatic rings. The SMILES string of the molecule is CCCNC(=O)[C@@H](C)N(Cc1ccccc1F)C(=O)CN(c1ccc(OC)c(Cl)c1)S(C)(=O)=O. The zero-order valence-electron chi connectivity index (χ0n) is 19.5. The highest BCUT2D eigenvalue weighted by atomic mass is 35.5. The third-order valence-electron chi connectivity index (χ3n) is 5.12. The van der Waals surface area contributed by atoms with E-state index in [0.717, 1.165) is 15.5 Å². The van der Waals surface area contributed by atoms with E-state index in [1.165, 1.54) is 50.4 Å². The number of anilines is 1. The van der Waals surface area contributed by atoms with Crippen LogP contribution < -0.4 is 14.4 Å². The molecule has 0 aromatic heterocycles. The molecule has 0 bridgehead atoms. The molecule has 0 aliphatic rings. The molecular weight excluding hydrogens is 485 g/mol. The van der Waals surface area contributed by atoms with Gasteiger partial charge in [-0.3, -0.25) is 13.9 Å². The maximum absolute atomic E-state index is 14.3. The van der Waals surface area contributed by atoms with E-state index in [9.17, 15) is 22.4 Å². The Kier molecular flexibility index (Phi) is 9.69. The van der Waals surface area contributed by atoms with Crippen molar-refractivity contribution in [1.82, 2.24) is 10.2 Å². The lowest BCUT2D eigenvalue weighted by Gasteiger charge is -2.31. The molecule has 2 amide bonds. The normalized spacial score (nSPS) is 12.1. The second-order valence-corrected chi connectivity index (χ2v) is 9.98. The smallest absolute Gasteiger partial charge is 0.244 e. The quantitative estimate of drug-likeness (QED) is 0.498. The summed E-state index contributed by atoms with van der Waals surface area (Å²) in [6, 6.07) is 9.22. The van der Waals surface area contributed by atoms with E-state index in [0.29, 0.717) is 18.7 Å². The summed E-state index contributed by atoms with van der Waals surface area (Å²) in [6.45, 7) is 2.98. The monoisotopic (exact) mass is 513 g/mol. The first-order valence-corrected chi connectivity index (χ1v) is 12.8. The summed E-state index contributed by atoms with van der Waals surface area (Å²) in [5.41, 5.74) is 0.347. The van der Waals surface area contributed by atoms with Gasteiger partial charge in [0.05, 0.1) is 24.1 Å². The van der Waals surface area contributed by atoms with Gasteiger partial charge in [0.15, 0.2) is 0 Å². The van der Waals surface area contributed by atoms with Crippen molar-refractivity contribution in [2.45, 2.75) is 32.9 Å². The summed E-state index contributed by atoms with van der Waals surface area (Å²) >= 11 is 6.15. The van der Waals surface area contributed by atoms with Gasteiger partial charge in [-0.1, -0.05) is 36.7 Å². The van der Waals surface area contributed by atoms with E-state index in [1.54, 1.807) is 6.07 Å². The number of methoxy groups -OCH3 is 1. The molecule has 0 fully saturated rings. The molecule has 8 nitrogen and oxygen atoms in total. The Balaban J connectivity index is 2.41. The second-order valence-electron chi connectivity index (χ2n) is 7.67. The van der Waals surface area contributed by atoms with Gasteiger partial charge in [-0.2, -0.15) is 0 Å². The Morgan fingerprint density at radius 2 is 1.88 bits per heavy atom. The zero-order valence-corrected chi connectivity index (χ0v) is 21.1. The minimum atomic E-state index is -3.91. The summed E-state index contributed by atoms with van der Waals surface area (Å²) in [5, 5.41) is 2.88. The lowest BCUT2D eigenvalue weighted by molar-refractivity contribution is -0.139. The second kappa shape index (κ2) is 12.0. The van der Waals surface area contributed by atoms with Crippen LogP contribution in [0.4, 0.5) is 10.1 Å². The van der Waals surface area contributed by atoms with Crippen molar-refractivity contribution in [3.8, 4) is 5.75 Å². The van der Waals surface area contributed by atoms with Gasteiger partial charge in [-0.15, -0.1) is 0 Å². The first-order chi connectivity index (χ1) is 16.0. The van der Waals surface area contributed by atoms with Crippen molar-refractivity contribution in [1.29, 1.82) is 0 Å². The van der Waals surface area contributed by atoms with Crippen LogP contribution in [0.25, 0.3) is 0 Å². The Bertz CT molecular complexity index is 1130. The highest BCUT2D eigenvalue weighted by molar-refractivity contribution is 7.92. The van der Waals surface area contributed by atoms with Gasteiger partial charge in [0.2, 0.25) is 21.8 Å². The molecule has 0 spiro atoms. The summed E-state index contributed by atoms with van der Waals surface area (Å²) in [5.74, 6) is -1.30. The summed E-state index contributed by atoms with van der Waals surface area (Å²) < 4.78 is 45.4. The molecule has 2 aromatic carbocycles. The van der Waals surface area contributed by atoms with Crippen molar-refractivity contribution in [2.75, 3.05) is 30.8 Å². The van der Waals surface area contributed by atoms with Gasteiger partial charge < -0.3 is 15.0 Å². The van der Waals surface area contributed by atoms with E-state index in [2.05, 4.69) is 5.32 Å². The number of hydrogen-bond acceptors (Lipinski definition) is 5. The van der Waals surface area contributed by atoms with Crippen molar-refractivity contribution in [3.05, 3.63) is 58.9 Å². The van der Waals surface area contributed by atoms with Crippen molar-refractivity contribution in [3.63, 3.8) is 0 Å². The Labute approximate surface area is 204 Å². The third-order valence-corrected chi connectivity index (χ3v) is 6.55. The van der Waals surface area contributed by atoms with Gasteiger partial charge in [0.25, 0.3) is 0 Å². The van der Waals surface area contributed by atoms with Gasteiger partial charge in [0, 0.05) is 18.7 Å². The average Bonchev–Trinajstić information content (AvgIpc) is 2.79. The number of amides is 2. The van der Waals surface area contributed by atoms with Crippen LogP contribution in [-0.2, 0) is 26.2 Å². The number of halogens is 2. The molecular formula is C23H29ClFN3O5S. The topological polar surface area (TPSA) is 96.0 Å². The van der Waals surface area contributed by atoms with Crippen LogP contribution in [0.15, 0.2) is 42.5 Å². The van der Waals surface area contributed by atoms with Crippen LogP contribution in [0.2, 0.25) is 5.02 Å². The number of ether oxygens (including phenoxy) is 1. The highest BCUT2D eigenvalue weighted by Gasteiger charge is 2.30. The molecule has 0 aliphatic carbocycles. The first-order valence-electron chi connectivity index (χ1n) is 10.6. The number of carbonyl (C=O) groups is 2. The number of hydrogen-bond donors (Lipinski definition) is 1. The minimum Gasteiger partial charge on any atom is -0.495 e. The number of rotatable bonds is 11. The molecule has 0 saturated heterocycles. The molecule has 11 heteroatoms. The average molecular weight is 514 g/mol. The first kappa shape index (κ1) is 27.4. The van der Waals surface area contributed by atoms with Crippen LogP contribution in [0.1, 0.15) is 25.8 Å². The molecule has 1 atom stereocenters. The number of carbonyl (C=O) groups excluding carboxylic acids is 2. The van der Waals surface area contributed by atoms with Crippen molar-refractivity contribution in [2.24, 2.45) is 0 Å². The number of nitrogens with zero attached hydrogens (tertiary/aromatic N) is 2. The number of nitrogens with one attached hydrogen (secondary N) is 1. The molecule has 2 rings (SSSR count). The van der Waals surface area contributed by atoms with E-state index in [4.69, 9.17) is 16.3 Å². The van der Waals surface area contributed by atoms with Crippen LogP contribution in [0.3, 0.4) is 0 Å². The molecule has 0 aliphatic heterocycles. The van der Waals surface area contributed by atoms with Gasteiger partial charge in [0.1, 0.15) is 24.2 Å². The maximum Gasteiger partial charge on any atom is 0.244 e. The molecule has 186 valence electrons. The standard InChI is InChI=1S/C23H29ClFN3O5S/c1-5-12-26-23(30)16(2)27(14-17-8-6-7-9-20(17)25)22(29)15-28(34(4,31)32)18-10-11-21(33-3)19(24)13-18/h6-11,13,16H,5,12,14-15H2,1-4H3,(H,26,30)/t16-/m1/s1. The number of sulfonamides is 1. The molecule has 0 heterocycles. The van der Waals surface area contributed by atoms with Crippen LogP contribution in [-0.4, -0.2) is 57.6 Å². The molecule has 1 N–H and O–H groups in total. The molecule has 0 unspecified atom stereocenters. The van der Waals surface area contributed by atoms with Gasteiger partial charge >= 0.3 is 0 Å². The predicted molar refractivity (Wildman–Crippen MR) is 130 cm³/mol. The van der Waals surface area contributed by atoms with Crippen LogP contribution >= 0.6 is 11.6 Å². The summed E-state index contributed by atoms with van der Waals surface area (Å²) in [4.78, 5) is 27.2. The van der Waals surface area contributed by atoms with Crippen LogP contribution in [0.5, 0.6) is 5.75 Å². The Morgan fingerprint density at radius 1 is 1.21 bits per heavy atom. The maximum atomic E-state index is 14.3. The Hall–Kier alpha value is -2.85. The lowest BCUT2D eigenvalue weighted by Crippen LogP contribution is -2.51. The van der Waals surface area contributed by atoms with Crippen LogP contribution in [0, 0.1) is 5.82 Å². The molecule has 0 saturated carbocycles. The van der Waals surface area contributed by atoms with Crippen molar-refractivity contribution >= 4 is 39.1 Å². The van der Waals surface area contributed by atoms with E-state index < -0.39 is 40.2 Å². The fourth-order valence-electron chi connectivity index (χ4n) is 3.21. The van der Waals surface area contributed by atoms with Gasteiger partial charge in [-0.05, 0) is 37.6 Å². The van der Waals surface area contributed by atoms with Crippen molar-refractivity contribution < 1.29 is 27.1 Å². The number of benzene rings is 2. The van der Waals surface area contributed by atoms with E-state index >= 15 is 0 Å². The highest BCUT2D eigenvalue weighted by Crippen LogP contribution is 2.30. The largest absolute Gasteiger partial charge is 0.495 e. The summed E-state index contributed by atoms with van der Waals surface area (Å²) in [6.07, 6.45) is 1.65. The van der Waals surface area contributed by atoms with Gasteiger partial charge in [-0.25, -0.2) is 12.8 Å². The third kappa shape index (κ3) is 7.07. The Morgan fingerprint density at radius 3 is 2.44 bits per heavy atom. The zero-order chi connectivity index (χ0) is 25.5. The fraction of sp³-hybridized carbons (Fsp3) is 0.391. The van der Waals surface area contributed by atoms with E-state index in [1.807, 2.05) is 6.92 Å². The predicted octanol–water partition coefficient (Wildman–Crippen LogP) is 3.20. The lowest BCUT2D eigenvalue weighted by atomic mass is 10.1. The summed E-state index contributed by atoms with van der Waals surface area (Å²) in [7, 11) is -2.49. The fourth-order valence-corrected chi connectivity index (χ4v) is 4.31. The van der Waals surface area contributed by atoms with E-state index in [-0.39, 0.29) is 22.8 Å². The molecule has 34 heavy (non-hydrogen) atoms.